The van der Waals surface area contributed by atoms with Crippen LogP contribution < -0.4 is 10.4 Å². The third kappa shape index (κ3) is 4.25. The fraction of sp³-hybridized carbons (Fsp3) is 0.379. The van der Waals surface area contributed by atoms with Crippen molar-refractivity contribution in [1.82, 2.24) is 0 Å². The van der Waals surface area contributed by atoms with Gasteiger partial charge in [-0.05, 0) is 71.4 Å². The molecule has 0 saturated carbocycles. The number of rotatable bonds is 5. The van der Waals surface area contributed by atoms with Crippen molar-refractivity contribution in [2.45, 2.75) is 72.9 Å². The van der Waals surface area contributed by atoms with Gasteiger partial charge in [-0.1, -0.05) is 86.9 Å². The highest BCUT2D eigenvalue weighted by Gasteiger charge is 2.26. The van der Waals surface area contributed by atoms with Gasteiger partial charge < -0.3 is 4.42 Å². The number of hydrogen-bond donors (Lipinski definition) is 0. The van der Waals surface area contributed by atoms with Crippen LogP contribution in [0.2, 0.25) is 39.3 Å². The van der Waals surface area contributed by atoms with Gasteiger partial charge in [0.1, 0.15) is 11.5 Å². The molecule has 4 rings (SSSR count). The van der Waals surface area contributed by atoms with Crippen molar-refractivity contribution in [3.05, 3.63) is 70.2 Å². The van der Waals surface area contributed by atoms with Crippen LogP contribution >= 0.6 is 0 Å². The minimum Gasteiger partial charge on any atom is -0.461 e. The third-order valence-corrected chi connectivity index (χ3v) is 11.0. The van der Waals surface area contributed by atoms with Crippen LogP contribution in [-0.4, -0.2) is 16.1 Å². The Morgan fingerprint density at radius 3 is 1.97 bits per heavy atom. The van der Waals surface area contributed by atoms with Crippen molar-refractivity contribution in [2.75, 3.05) is 0 Å². The van der Waals surface area contributed by atoms with E-state index in [1.54, 1.807) is 10.4 Å². The maximum Gasteiger partial charge on any atom is 0.130 e. The lowest BCUT2D eigenvalue weighted by atomic mass is 9.91. The predicted molar refractivity (Wildman–Crippen MR) is 147 cm³/mol. The lowest BCUT2D eigenvalue weighted by Crippen LogP contribution is -2.45. The number of aryl methyl sites for hydroxylation is 3. The van der Waals surface area contributed by atoms with Gasteiger partial charge in [0.25, 0.3) is 0 Å². The van der Waals surface area contributed by atoms with E-state index in [9.17, 15) is 0 Å². The molecule has 32 heavy (non-hydrogen) atoms. The third-order valence-electron chi connectivity index (χ3n) is 6.94. The fourth-order valence-corrected chi connectivity index (χ4v) is 7.12. The quantitative estimate of drug-likeness (QED) is 0.365. The molecule has 0 saturated heterocycles. The highest BCUT2D eigenvalue weighted by Crippen LogP contribution is 2.40. The predicted octanol–water partition coefficient (Wildman–Crippen LogP) is 7.31. The number of allylic oxidation sites excluding steroid dienone is 1. The van der Waals surface area contributed by atoms with E-state index in [4.69, 9.17) is 4.42 Å². The maximum absolute atomic E-state index is 6.10. The van der Waals surface area contributed by atoms with Crippen molar-refractivity contribution in [1.29, 1.82) is 0 Å². The SMILES string of the molecule is CCc1ccc2c(c1-c1cc([Si](C)(C)C)cc([Si](C)(C)C)c1)C=C(c1cc(C)c(C)o1)C2. The molecule has 0 bridgehead atoms. The number of hydrogen-bond acceptors (Lipinski definition) is 1. The summed E-state index contributed by atoms with van der Waals surface area (Å²) in [6.07, 6.45) is 4.40. The zero-order chi connectivity index (χ0) is 23.4. The molecule has 1 nitrogen and oxygen atoms in total. The van der Waals surface area contributed by atoms with Gasteiger partial charge >= 0.3 is 0 Å². The van der Waals surface area contributed by atoms with Crippen LogP contribution in [0.3, 0.4) is 0 Å². The van der Waals surface area contributed by atoms with Crippen LogP contribution in [0.1, 0.15) is 40.7 Å². The standard InChI is InChI=1S/C29H38OSi2/c1-10-21-11-12-22-14-23(28-13-19(2)20(3)30-28)17-27(22)29(21)24-15-25(31(4,5)6)18-26(16-24)32(7,8)9/h11-13,15-18H,10,14H2,1-9H3. The van der Waals surface area contributed by atoms with Gasteiger partial charge in [0.15, 0.2) is 0 Å². The first kappa shape index (κ1) is 23.1. The second kappa shape index (κ2) is 8.04. The molecule has 0 radical (unpaired) electrons. The molecule has 0 atom stereocenters. The van der Waals surface area contributed by atoms with Gasteiger partial charge in [-0.3, -0.25) is 0 Å². The van der Waals surface area contributed by atoms with Crippen LogP contribution in [0.5, 0.6) is 0 Å². The van der Waals surface area contributed by atoms with E-state index in [1.165, 1.54) is 39.0 Å². The van der Waals surface area contributed by atoms with Crippen molar-refractivity contribution >= 4 is 38.2 Å². The molecule has 1 aromatic heterocycles. The second-order valence-corrected chi connectivity index (χ2v) is 21.7. The van der Waals surface area contributed by atoms with Gasteiger partial charge in [-0.25, -0.2) is 0 Å². The first-order chi connectivity index (χ1) is 14.9. The van der Waals surface area contributed by atoms with Gasteiger partial charge in [0.2, 0.25) is 0 Å². The molecule has 3 aromatic rings. The Labute approximate surface area is 196 Å². The highest BCUT2D eigenvalue weighted by atomic mass is 28.3. The summed E-state index contributed by atoms with van der Waals surface area (Å²) in [5.74, 6) is 2.05. The maximum atomic E-state index is 6.10. The zero-order valence-electron chi connectivity index (χ0n) is 21.4. The molecular formula is C29H38OSi2. The average Bonchev–Trinajstić information content (AvgIpc) is 3.28. The second-order valence-electron chi connectivity index (χ2n) is 11.5. The molecule has 1 aliphatic rings. The summed E-state index contributed by atoms with van der Waals surface area (Å²) < 4.78 is 6.10. The monoisotopic (exact) mass is 458 g/mol. The molecular weight excluding hydrogens is 420 g/mol. The van der Waals surface area contributed by atoms with E-state index in [2.05, 4.69) is 103 Å². The van der Waals surface area contributed by atoms with E-state index in [-0.39, 0.29) is 0 Å². The van der Waals surface area contributed by atoms with E-state index in [1.807, 2.05) is 0 Å². The van der Waals surface area contributed by atoms with Crippen molar-refractivity contribution in [3.8, 4) is 11.1 Å². The first-order valence-electron chi connectivity index (χ1n) is 12.0. The van der Waals surface area contributed by atoms with E-state index < -0.39 is 16.1 Å². The molecule has 1 heterocycles. The summed E-state index contributed by atoms with van der Waals surface area (Å²) in [7, 11) is -2.88. The molecule has 0 unspecified atom stereocenters. The normalized spacial score (nSPS) is 14.0. The summed E-state index contributed by atoms with van der Waals surface area (Å²) >= 11 is 0. The minimum atomic E-state index is -1.44. The Hall–Kier alpha value is -2.11. The summed E-state index contributed by atoms with van der Waals surface area (Å²) in [4.78, 5) is 0. The first-order valence-corrected chi connectivity index (χ1v) is 19.0. The highest BCUT2D eigenvalue weighted by molar-refractivity contribution is 6.91. The number of furan rings is 1. The summed E-state index contributed by atoms with van der Waals surface area (Å²) in [5, 5.41) is 3.15. The summed E-state index contributed by atoms with van der Waals surface area (Å²) in [6, 6.07) is 14.5. The minimum absolute atomic E-state index is 0.952. The van der Waals surface area contributed by atoms with E-state index >= 15 is 0 Å². The van der Waals surface area contributed by atoms with Gasteiger partial charge in [0, 0.05) is 6.42 Å². The smallest absolute Gasteiger partial charge is 0.130 e. The molecule has 0 fully saturated rings. The molecule has 0 aliphatic heterocycles. The van der Waals surface area contributed by atoms with Crippen LogP contribution in [0.15, 0.2) is 40.8 Å². The van der Waals surface area contributed by atoms with Crippen LogP contribution in [-0.2, 0) is 12.8 Å². The van der Waals surface area contributed by atoms with Crippen LogP contribution in [0.4, 0.5) is 0 Å². The Kier molecular flexibility index (Phi) is 5.79. The van der Waals surface area contributed by atoms with Gasteiger partial charge in [-0.2, -0.15) is 0 Å². The lowest BCUT2D eigenvalue weighted by molar-refractivity contribution is 0.518. The molecule has 1 aliphatic carbocycles. The Morgan fingerprint density at radius 1 is 0.844 bits per heavy atom. The van der Waals surface area contributed by atoms with Crippen molar-refractivity contribution < 1.29 is 4.42 Å². The molecule has 0 N–H and O–H groups in total. The van der Waals surface area contributed by atoms with E-state index in [0.717, 1.165) is 24.4 Å². The molecule has 0 spiro atoms. The summed E-state index contributed by atoms with van der Waals surface area (Å²) in [6.45, 7) is 21.3. The number of fused-ring (bicyclic) bond motifs is 1. The average molecular weight is 459 g/mol. The van der Waals surface area contributed by atoms with E-state index in [0.29, 0.717) is 0 Å². The van der Waals surface area contributed by atoms with Crippen LogP contribution in [0, 0.1) is 13.8 Å². The Balaban J connectivity index is 1.95. The van der Waals surface area contributed by atoms with Crippen molar-refractivity contribution in [3.63, 3.8) is 0 Å². The molecule has 3 heteroatoms. The van der Waals surface area contributed by atoms with Gasteiger partial charge in [-0.15, -0.1) is 0 Å². The lowest BCUT2D eigenvalue weighted by Gasteiger charge is -2.25. The molecule has 0 amide bonds. The Bertz CT molecular complexity index is 1160. The number of benzene rings is 2. The van der Waals surface area contributed by atoms with Crippen LogP contribution in [0.25, 0.3) is 22.8 Å². The fourth-order valence-electron chi connectivity index (χ4n) is 4.62. The van der Waals surface area contributed by atoms with Crippen molar-refractivity contribution in [2.24, 2.45) is 0 Å². The Morgan fingerprint density at radius 2 is 1.47 bits per heavy atom. The molecule has 2 aromatic carbocycles. The summed E-state index contributed by atoms with van der Waals surface area (Å²) in [5.41, 5.74) is 9.67. The topological polar surface area (TPSA) is 13.1 Å². The largest absolute Gasteiger partial charge is 0.461 e. The zero-order valence-corrected chi connectivity index (χ0v) is 23.4. The van der Waals surface area contributed by atoms with Gasteiger partial charge in [0.05, 0.1) is 16.1 Å². The molecule has 168 valence electrons.